The maximum atomic E-state index is 16.0. The van der Waals surface area contributed by atoms with Crippen LogP contribution in [0.15, 0.2) is 12.7 Å². The van der Waals surface area contributed by atoms with Crippen molar-refractivity contribution in [2.45, 2.75) is 64.3 Å². The van der Waals surface area contributed by atoms with E-state index in [1.165, 1.54) is 24.1 Å². The average molecular weight is 487 g/mol. The number of carbonyl (C=O) groups excluding carboxylic acids is 1. The number of nitrogens with two attached hydrogens (primary N) is 1. The number of imidazole rings is 1. The molecule has 2 aromatic rings. The van der Waals surface area contributed by atoms with Crippen molar-refractivity contribution >= 4 is 30.8 Å². The number of ether oxygens (including phenoxy) is 2. The van der Waals surface area contributed by atoms with Gasteiger partial charge in [0.15, 0.2) is 23.4 Å². The minimum absolute atomic E-state index is 0.0985. The van der Waals surface area contributed by atoms with Gasteiger partial charge in [0.05, 0.1) is 31.6 Å². The summed E-state index contributed by atoms with van der Waals surface area (Å²) in [6.07, 6.45) is -0.682. The number of carbonyl (C=O) groups is 1. The van der Waals surface area contributed by atoms with Crippen LogP contribution in [0.3, 0.4) is 0 Å². The summed E-state index contributed by atoms with van der Waals surface area (Å²) in [5.41, 5.74) is 4.28. The number of hydrogen-bond donors (Lipinski definition) is 1. The number of rotatable bonds is 7. The quantitative estimate of drug-likeness (QED) is 0.453. The van der Waals surface area contributed by atoms with Crippen molar-refractivity contribution in [2.75, 3.05) is 18.9 Å². The second-order valence-corrected chi connectivity index (χ2v) is 10.2. The fourth-order valence-corrected chi connectivity index (χ4v) is 5.24. The Morgan fingerprint density at radius 1 is 1.39 bits per heavy atom. The first kappa shape index (κ1) is 24.0. The summed E-state index contributed by atoms with van der Waals surface area (Å²) >= 11 is 0. The van der Waals surface area contributed by atoms with E-state index in [9.17, 15) is 9.36 Å². The Balaban J connectivity index is 1.43. The third kappa shape index (κ3) is 4.60. The summed E-state index contributed by atoms with van der Waals surface area (Å²) in [5, 5.41) is 0. The average Bonchev–Trinajstić information content (AvgIpc) is 3.27. The van der Waals surface area contributed by atoms with Gasteiger partial charge in [-0.05, 0) is 27.2 Å². The molecule has 0 spiro atoms. The number of fused-ring (bicyclic) bond motifs is 2. The first-order valence-corrected chi connectivity index (χ1v) is 12.0. The minimum Gasteiger partial charge on any atom is -0.463 e. The van der Waals surface area contributed by atoms with Crippen molar-refractivity contribution in [3.63, 3.8) is 0 Å². The molecule has 6 atom stereocenters. The molecule has 2 aromatic heterocycles. The van der Waals surface area contributed by atoms with Gasteiger partial charge in [-0.2, -0.15) is 0 Å². The highest BCUT2D eigenvalue weighted by Gasteiger charge is 2.61. The predicted octanol–water partition coefficient (Wildman–Crippen LogP) is 2.55. The number of nitrogen functional groups attached to an aromatic ring is 1. The monoisotopic (exact) mass is 487 g/mol. The number of hydrogen-bond acceptors (Lipinski definition) is 11. The number of alkyl halides is 1. The zero-order valence-electron chi connectivity index (χ0n) is 18.7. The number of anilines is 1. The number of halogens is 1. The van der Waals surface area contributed by atoms with E-state index in [1.54, 1.807) is 20.8 Å². The van der Waals surface area contributed by atoms with Gasteiger partial charge in [0.25, 0.3) is 0 Å². The molecule has 33 heavy (non-hydrogen) atoms. The molecule has 4 heterocycles. The van der Waals surface area contributed by atoms with Gasteiger partial charge < -0.3 is 15.2 Å². The molecule has 2 aliphatic heterocycles. The first-order chi connectivity index (χ1) is 15.5. The molecule has 0 bridgehead atoms. The molecular weight excluding hydrogens is 460 g/mol. The van der Waals surface area contributed by atoms with E-state index >= 15 is 4.39 Å². The maximum Gasteiger partial charge on any atom is 0.475 e. The van der Waals surface area contributed by atoms with E-state index in [0.29, 0.717) is 5.52 Å². The summed E-state index contributed by atoms with van der Waals surface area (Å²) < 4.78 is 57.4. The van der Waals surface area contributed by atoms with E-state index in [4.69, 9.17) is 28.8 Å². The van der Waals surface area contributed by atoms with Gasteiger partial charge in [0, 0.05) is 0 Å². The largest absolute Gasteiger partial charge is 0.475 e. The topological polar surface area (TPSA) is 150 Å². The van der Waals surface area contributed by atoms with E-state index in [1.807, 2.05) is 0 Å². The number of phosphoric ester groups is 1. The fourth-order valence-electron chi connectivity index (χ4n) is 3.76. The van der Waals surface area contributed by atoms with Crippen LogP contribution in [0.2, 0.25) is 0 Å². The first-order valence-electron chi connectivity index (χ1n) is 10.6. The van der Waals surface area contributed by atoms with Crippen LogP contribution in [0.4, 0.5) is 10.2 Å². The fraction of sp³-hybridized carbons (Fsp3) is 0.684. The third-order valence-electron chi connectivity index (χ3n) is 5.51. The molecule has 0 unspecified atom stereocenters. The van der Waals surface area contributed by atoms with Crippen molar-refractivity contribution in [1.29, 1.82) is 0 Å². The molecule has 2 N–H and O–H groups in total. The molecule has 2 saturated heterocycles. The molecule has 14 heteroatoms. The molecule has 2 fully saturated rings. The van der Waals surface area contributed by atoms with Crippen LogP contribution >= 0.6 is 7.82 Å². The van der Waals surface area contributed by atoms with Crippen molar-refractivity contribution in [3.05, 3.63) is 12.7 Å². The third-order valence-corrected chi connectivity index (χ3v) is 6.96. The van der Waals surface area contributed by atoms with Crippen molar-refractivity contribution in [1.82, 2.24) is 19.5 Å². The number of aromatic nitrogens is 4. The summed E-state index contributed by atoms with van der Waals surface area (Å²) in [6.45, 7) is 6.14. The highest BCUT2D eigenvalue weighted by molar-refractivity contribution is 7.48. The predicted molar refractivity (Wildman–Crippen MR) is 113 cm³/mol. The Morgan fingerprint density at radius 2 is 2.15 bits per heavy atom. The number of nitrogens with zero attached hydrogens (tertiary/aromatic N) is 4. The van der Waals surface area contributed by atoms with Gasteiger partial charge >= 0.3 is 13.8 Å². The lowest BCUT2D eigenvalue weighted by Gasteiger charge is -2.33. The Morgan fingerprint density at radius 3 is 2.88 bits per heavy atom. The summed E-state index contributed by atoms with van der Waals surface area (Å²) in [5.74, 6) is -0.720. The van der Waals surface area contributed by atoms with Crippen molar-refractivity contribution in [2.24, 2.45) is 5.92 Å². The Kier molecular flexibility index (Phi) is 6.45. The molecule has 2 aliphatic rings. The van der Waals surface area contributed by atoms with Crippen molar-refractivity contribution < 1.29 is 36.8 Å². The molecule has 4 rings (SSSR count). The molecule has 0 aromatic carbocycles. The van der Waals surface area contributed by atoms with E-state index in [-0.39, 0.29) is 37.2 Å². The molecule has 0 amide bonds. The smallest absolute Gasteiger partial charge is 0.463 e. The standard InChI is InChI=1S/C19H27FN5O7P/c1-10(2)30-17(26)11(3)5-6-28-33(27)29-7-12-14(32-33)19(4,20)18(31-12)25-9-24-13-15(21)22-8-23-16(13)25/h8-12,14,18H,5-7H2,1-4H3,(H2,21,22,23)/t11-,12-,14-,18-,19-,33-/m1/s1. The lowest BCUT2D eigenvalue weighted by Crippen LogP contribution is -2.44. The second-order valence-electron chi connectivity index (χ2n) is 8.54. The zero-order valence-corrected chi connectivity index (χ0v) is 19.6. The zero-order chi connectivity index (χ0) is 24.0. The van der Waals surface area contributed by atoms with Crippen LogP contribution in [0, 0.1) is 5.92 Å². The van der Waals surface area contributed by atoms with Gasteiger partial charge in [-0.25, -0.2) is 23.9 Å². The van der Waals surface area contributed by atoms with Crippen LogP contribution in [0.5, 0.6) is 0 Å². The number of esters is 1. The van der Waals surface area contributed by atoms with E-state index in [2.05, 4.69) is 15.0 Å². The van der Waals surface area contributed by atoms with Crippen LogP contribution in [-0.4, -0.2) is 62.7 Å². The Hall–Kier alpha value is -2.18. The lowest BCUT2D eigenvalue weighted by molar-refractivity contribution is -0.152. The molecule has 0 aliphatic carbocycles. The molecule has 182 valence electrons. The van der Waals surface area contributed by atoms with E-state index < -0.39 is 43.8 Å². The van der Waals surface area contributed by atoms with Gasteiger partial charge in [-0.1, -0.05) is 6.92 Å². The van der Waals surface area contributed by atoms with E-state index in [0.717, 1.165) is 0 Å². The molecular formula is C19H27FN5O7P. The van der Waals surface area contributed by atoms with Crippen LogP contribution in [-0.2, 0) is 32.4 Å². The summed E-state index contributed by atoms with van der Waals surface area (Å²) in [6, 6.07) is 0. The molecule has 12 nitrogen and oxygen atoms in total. The van der Waals surface area contributed by atoms with Gasteiger partial charge in [-0.15, -0.1) is 0 Å². The van der Waals surface area contributed by atoms with Crippen LogP contribution in [0.1, 0.15) is 40.3 Å². The highest BCUT2D eigenvalue weighted by Crippen LogP contribution is 2.59. The SMILES string of the molecule is CC(C)OC(=O)[C@H](C)CCO[P@]1(=O)OC[C@H]2O[C@@H](n3cnc4c(N)ncnc43)[C@](C)(F)[C@@H]2O1. The lowest BCUT2D eigenvalue weighted by atomic mass is 9.98. The van der Waals surface area contributed by atoms with Crippen LogP contribution in [0.25, 0.3) is 11.2 Å². The normalized spacial score (nSPS) is 32.7. The summed E-state index contributed by atoms with van der Waals surface area (Å²) in [4.78, 5) is 24.0. The second kappa shape index (κ2) is 8.88. The summed E-state index contributed by atoms with van der Waals surface area (Å²) in [7, 11) is -4.08. The Bertz CT molecular complexity index is 1080. The highest BCUT2D eigenvalue weighted by atomic mass is 31.2. The molecule has 0 radical (unpaired) electrons. The van der Waals surface area contributed by atoms with Crippen LogP contribution < -0.4 is 5.73 Å². The minimum atomic E-state index is -4.08. The van der Waals surface area contributed by atoms with Crippen molar-refractivity contribution in [3.8, 4) is 0 Å². The Labute approximate surface area is 189 Å². The van der Waals surface area contributed by atoms with Gasteiger partial charge in [0.2, 0.25) is 0 Å². The molecule has 0 saturated carbocycles. The number of phosphoric acid groups is 1. The maximum absolute atomic E-state index is 16.0. The van der Waals surface area contributed by atoms with Gasteiger partial charge in [0.1, 0.15) is 24.1 Å². The van der Waals surface area contributed by atoms with Gasteiger partial charge in [-0.3, -0.25) is 22.9 Å².